The maximum atomic E-state index is 11.7. The monoisotopic (exact) mass is 352 g/mol. The summed E-state index contributed by atoms with van der Waals surface area (Å²) in [6, 6.07) is 4.91. The smallest absolute Gasteiger partial charge is 0.257 e. The number of carbonyl (C=O) groups excluding carboxylic acids is 1. The summed E-state index contributed by atoms with van der Waals surface area (Å²) in [7, 11) is 0. The minimum absolute atomic E-state index is 0. The number of nitrogens with one attached hydrogen (secondary N) is 2. The molecule has 118 valence electrons. The van der Waals surface area contributed by atoms with Gasteiger partial charge < -0.3 is 15.4 Å². The molecule has 1 saturated heterocycles. The highest BCUT2D eigenvalue weighted by molar-refractivity contribution is 6.34. The second-order valence-corrected chi connectivity index (χ2v) is 5.70. The van der Waals surface area contributed by atoms with Gasteiger partial charge in [-0.25, -0.2) is 0 Å². The quantitative estimate of drug-likeness (QED) is 0.827. The summed E-state index contributed by atoms with van der Waals surface area (Å²) in [5.41, 5.74) is 0. The van der Waals surface area contributed by atoms with Gasteiger partial charge in [0.2, 0.25) is 0 Å². The van der Waals surface area contributed by atoms with Gasteiger partial charge in [0, 0.05) is 17.6 Å². The first-order valence-corrected chi connectivity index (χ1v) is 7.46. The van der Waals surface area contributed by atoms with Crippen LogP contribution in [0.3, 0.4) is 0 Å². The predicted octanol–water partition coefficient (Wildman–Crippen LogP) is 2.91. The lowest BCUT2D eigenvalue weighted by molar-refractivity contribution is -0.123. The largest absolute Gasteiger partial charge is 0.482 e. The Labute approximate surface area is 140 Å². The molecule has 21 heavy (non-hydrogen) atoms. The zero-order valence-corrected chi connectivity index (χ0v) is 13.9. The van der Waals surface area contributed by atoms with Crippen LogP contribution in [-0.2, 0) is 4.79 Å². The van der Waals surface area contributed by atoms with E-state index in [0.29, 0.717) is 28.3 Å². The maximum absolute atomic E-state index is 11.7. The standard InChI is InChI=1S/C14H18Cl2N2O2.ClH/c15-11-1-2-12(16)13(7-11)20-9-14(19)18-6-4-10-3-5-17-8-10;/h1-2,7,10,17H,3-6,8-9H2,(H,18,19);1H. The van der Waals surface area contributed by atoms with E-state index in [1.165, 1.54) is 6.42 Å². The van der Waals surface area contributed by atoms with Crippen LogP contribution in [0, 0.1) is 5.92 Å². The van der Waals surface area contributed by atoms with Gasteiger partial charge in [-0.3, -0.25) is 4.79 Å². The first-order chi connectivity index (χ1) is 9.65. The topological polar surface area (TPSA) is 50.4 Å². The SMILES string of the molecule is Cl.O=C(COc1cc(Cl)ccc1Cl)NCCC1CCNC1. The second kappa shape index (κ2) is 9.36. The first kappa shape index (κ1) is 18.4. The molecule has 1 aromatic carbocycles. The molecule has 1 amide bonds. The maximum Gasteiger partial charge on any atom is 0.257 e. The Morgan fingerprint density at radius 1 is 1.43 bits per heavy atom. The van der Waals surface area contributed by atoms with E-state index in [-0.39, 0.29) is 24.9 Å². The van der Waals surface area contributed by atoms with Crippen molar-refractivity contribution in [1.82, 2.24) is 10.6 Å². The third-order valence-corrected chi connectivity index (χ3v) is 3.84. The Kier molecular flexibility index (Phi) is 8.19. The van der Waals surface area contributed by atoms with Crippen molar-refractivity contribution in [2.24, 2.45) is 5.92 Å². The number of hydrogen-bond acceptors (Lipinski definition) is 3. The lowest BCUT2D eigenvalue weighted by Gasteiger charge is -2.11. The molecule has 0 aromatic heterocycles. The first-order valence-electron chi connectivity index (χ1n) is 6.70. The molecule has 0 radical (unpaired) electrons. The van der Waals surface area contributed by atoms with Crippen molar-refractivity contribution >= 4 is 41.5 Å². The third kappa shape index (κ3) is 6.30. The number of rotatable bonds is 6. The van der Waals surface area contributed by atoms with E-state index in [0.717, 1.165) is 19.5 Å². The molecular formula is C14H19Cl3N2O2. The van der Waals surface area contributed by atoms with E-state index < -0.39 is 0 Å². The number of hydrogen-bond donors (Lipinski definition) is 2. The fourth-order valence-corrected chi connectivity index (χ4v) is 2.49. The molecule has 2 N–H and O–H groups in total. The van der Waals surface area contributed by atoms with Crippen LogP contribution in [-0.4, -0.2) is 32.1 Å². The molecule has 1 heterocycles. The highest BCUT2D eigenvalue weighted by Gasteiger charge is 2.14. The van der Waals surface area contributed by atoms with E-state index in [2.05, 4.69) is 10.6 Å². The molecule has 1 unspecified atom stereocenters. The van der Waals surface area contributed by atoms with Gasteiger partial charge in [-0.2, -0.15) is 0 Å². The summed E-state index contributed by atoms with van der Waals surface area (Å²) < 4.78 is 5.36. The minimum Gasteiger partial charge on any atom is -0.482 e. The minimum atomic E-state index is -0.146. The zero-order valence-electron chi connectivity index (χ0n) is 11.5. The van der Waals surface area contributed by atoms with Gasteiger partial charge in [-0.05, 0) is 44.0 Å². The average Bonchev–Trinajstić information content (AvgIpc) is 2.93. The number of ether oxygens (including phenoxy) is 1. The van der Waals surface area contributed by atoms with Crippen LogP contribution < -0.4 is 15.4 Å². The van der Waals surface area contributed by atoms with Crippen LogP contribution in [0.25, 0.3) is 0 Å². The molecule has 4 nitrogen and oxygen atoms in total. The van der Waals surface area contributed by atoms with E-state index in [9.17, 15) is 4.79 Å². The van der Waals surface area contributed by atoms with Crippen molar-refractivity contribution in [3.8, 4) is 5.75 Å². The predicted molar refractivity (Wildman–Crippen MR) is 87.8 cm³/mol. The van der Waals surface area contributed by atoms with Crippen molar-refractivity contribution in [3.63, 3.8) is 0 Å². The molecular weight excluding hydrogens is 335 g/mol. The van der Waals surface area contributed by atoms with Crippen LogP contribution in [0.5, 0.6) is 5.75 Å². The Balaban J connectivity index is 0.00000220. The van der Waals surface area contributed by atoms with Crippen molar-refractivity contribution in [3.05, 3.63) is 28.2 Å². The van der Waals surface area contributed by atoms with Gasteiger partial charge in [0.1, 0.15) is 5.75 Å². The molecule has 7 heteroatoms. The summed E-state index contributed by atoms with van der Waals surface area (Å²) in [4.78, 5) is 11.7. The van der Waals surface area contributed by atoms with Gasteiger partial charge in [0.05, 0.1) is 5.02 Å². The summed E-state index contributed by atoms with van der Waals surface area (Å²) in [6.07, 6.45) is 2.18. The second-order valence-electron chi connectivity index (χ2n) is 4.86. The normalized spacial score (nSPS) is 17.1. The van der Waals surface area contributed by atoms with Gasteiger partial charge in [0.25, 0.3) is 5.91 Å². The molecule has 0 spiro atoms. The lowest BCUT2D eigenvalue weighted by atomic mass is 10.1. The molecule has 1 fully saturated rings. The zero-order chi connectivity index (χ0) is 14.4. The number of amides is 1. The Hall–Kier alpha value is -0.680. The summed E-state index contributed by atoms with van der Waals surface area (Å²) >= 11 is 11.8. The van der Waals surface area contributed by atoms with Crippen LogP contribution in [0.15, 0.2) is 18.2 Å². The summed E-state index contributed by atoms with van der Waals surface area (Å²) in [6.45, 7) is 2.75. The van der Waals surface area contributed by atoms with Crippen molar-refractivity contribution in [1.29, 1.82) is 0 Å². The molecule has 0 aliphatic carbocycles. The van der Waals surface area contributed by atoms with Gasteiger partial charge in [0.15, 0.2) is 6.61 Å². The van der Waals surface area contributed by atoms with Crippen LogP contribution >= 0.6 is 35.6 Å². The highest BCUT2D eigenvalue weighted by Crippen LogP contribution is 2.27. The van der Waals surface area contributed by atoms with Crippen molar-refractivity contribution in [2.45, 2.75) is 12.8 Å². The fraction of sp³-hybridized carbons (Fsp3) is 0.500. The summed E-state index contributed by atoms with van der Waals surface area (Å²) in [5, 5.41) is 7.12. The molecule has 1 atom stereocenters. The molecule has 0 saturated carbocycles. The molecule has 2 rings (SSSR count). The lowest BCUT2D eigenvalue weighted by Crippen LogP contribution is -2.30. The fourth-order valence-electron chi connectivity index (χ4n) is 2.16. The Bertz CT molecular complexity index is 466. The van der Waals surface area contributed by atoms with Crippen molar-refractivity contribution < 1.29 is 9.53 Å². The van der Waals surface area contributed by atoms with E-state index in [4.69, 9.17) is 27.9 Å². The van der Waals surface area contributed by atoms with Gasteiger partial charge in [-0.1, -0.05) is 23.2 Å². The van der Waals surface area contributed by atoms with Gasteiger partial charge in [-0.15, -0.1) is 12.4 Å². The third-order valence-electron chi connectivity index (χ3n) is 3.29. The molecule has 1 aliphatic heterocycles. The van der Waals surface area contributed by atoms with Crippen LogP contribution in [0.2, 0.25) is 10.0 Å². The van der Waals surface area contributed by atoms with Crippen LogP contribution in [0.4, 0.5) is 0 Å². The van der Waals surface area contributed by atoms with Gasteiger partial charge >= 0.3 is 0 Å². The van der Waals surface area contributed by atoms with E-state index >= 15 is 0 Å². The molecule has 1 aromatic rings. The Morgan fingerprint density at radius 2 is 2.24 bits per heavy atom. The molecule has 1 aliphatic rings. The number of halogens is 3. The van der Waals surface area contributed by atoms with Crippen molar-refractivity contribution in [2.75, 3.05) is 26.2 Å². The average molecular weight is 354 g/mol. The molecule has 0 bridgehead atoms. The number of benzene rings is 1. The van der Waals surface area contributed by atoms with Crippen LogP contribution in [0.1, 0.15) is 12.8 Å². The number of carbonyl (C=O) groups is 1. The Morgan fingerprint density at radius 3 is 2.95 bits per heavy atom. The highest BCUT2D eigenvalue weighted by atomic mass is 35.5. The summed E-state index contributed by atoms with van der Waals surface area (Å²) in [5.74, 6) is 0.944. The van der Waals surface area contributed by atoms with E-state index in [1.807, 2.05) is 0 Å². The van der Waals surface area contributed by atoms with E-state index in [1.54, 1.807) is 18.2 Å².